The molecule has 144 valence electrons. The molecule has 1 aliphatic heterocycles. The quantitative estimate of drug-likeness (QED) is 0.581. The summed E-state index contributed by atoms with van der Waals surface area (Å²) in [6.45, 7) is 5.02. The lowest BCUT2D eigenvalue weighted by molar-refractivity contribution is -0.140. The minimum absolute atomic E-state index is 0.0162. The second-order valence-corrected chi connectivity index (χ2v) is 7.32. The van der Waals surface area contributed by atoms with Crippen LogP contribution in [-0.4, -0.2) is 39.2 Å². The van der Waals surface area contributed by atoms with Crippen LogP contribution in [0.5, 0.6) is 0 Å². The number of carbonyl (C=O) groups excluding carboxylic acids is 1. The van der Waals surface area contributed by atoms with E-state index in [0.29, 0.717) is 30.5 Å². The summed E-state index contributed by atoms with van der Waals surface area (Å²) in [7, 11) is 1.42. The van der Waals surface area contributed by atoms with Gasteiger partial charge in [0.05, 0.1) is 24.9 Å². The Kier molecular flexibility index (Phi) is 6.11. The van der Waals surface area contributed by atoms with Crippen LogP contribution in [0.4, 0.5) is 0 Å². The monoisotopic (exact) mass is 386 g/mol. The average Bonchev–Trinajstić information content (AvgIpc) is 3.27. The highest BCUT2D eigenvalue weighted by Gasteiger charge is 2.40. The summed E-state index contributed by atoms with van der Waals surface area (Å²) < 4.78 is 7.03. The van der Waals surface area contributed by atoms with Crippen LogP contribution in [0, 0.1) is 0 Å². The third kappa shape index (κ3) is 4.13. The smallest absolute Gasteiger partial charge is 0.305 e. The van der Waals surface area contributed by atoms with E-state index in [9.17, 15) is 4.79 Å². The zero-order valence-electron chi connectivity index (χ0n) is 16.0. The highest BCUT2D eigenvalue weighted by molar-refractivity contribution is 7.80. The Hall–Kier alpha value is -2.41. The van der Waals surface area contributed by atoms with E-state index in [-0.39, 0.29) is 18.1 Å². The molecule has 0 spiro atoms. The van der Waals surface area contributed by atoms with Crippen LogP contribution in [0.3, 0.4) is 0 Å². The van der Waals surface area contributed by atoms with E-state index in [0.717, 1.165) is 5.69 Å². The van der Waals surface area contributed by atoms with Crippen LogP contribution in [-0.2, 0) is 9.53 Å². The first kappa shape index (κ1) is 19.4. The molecule has 0 aromatic carbocycles. The number of aromatic nitrogens is 2. The molecule has 0 saturated carbocycles. The Morgan fingerprint density at radius 3 is 2.81 bits per heavy atom. The van der Waals surface area contributed by atoms with Crippen LogP contribution in [0.15, 0.2) is 42.7 Å². The standard InChI is InChI=1S/C20H26N4O2S/c1-14(2)23-12-6-9-16(23)19-18(15-8-4-5-11-21-15)22-20(27)24(19)13-7-10-17(25)26-3/h4-6,8-9,11-12,14,18-19H,7,10,13H2,1-3H3,(H,22,27)/t18-,19+/m1/s1. The number of nitrogens with one attached hydrogen (secondary N) is 1. The largest absolute Gasteiger partial charge is 0.469 e. The number of thiocarbonyl (C=S) groups is 1. The molecule has 0 radical (unpaired) electrons. The molecule has 27 heavy (non-hydrogen) atoms. The second kappa shape index (κ2) is 8.52. The predicted molar refractivity (Wildman–Crippen MR) is 108 cm³/mol. The van der Waals surface area contributed by atoms with Gasteiger partial charge in [0.1, 0.15) is 0 Å². The Labute approximate surface area is 165 Å². The maximum Gasteiger partial charge on any atom is 0.305 e. The van der Waals surface area contributed by atoms with Crippen molar-refractivity contribution in [3.05, 3.63) is 54.1 Å². The molecule has 0 unspecified atom stereocenters. The molecular formula is C20H26N4O2S. The van der Waals surface area contributed by atoms with E-state index in [4.69, 9.17) is 17.0 Å². The number of esters is 1. The summed E-state index contributed by atoms with van der Waals surface area (Å²) in [5.74, 6) is -0.198. The van der Waals surface area contributed by atoms with Gasteiger partial charge >= 0.3 is 5.97 Å². The molecule has 1 saturated heterocycles. The molecule has 0 amide bonds. The lowest BCUT2D eigenvalue weighted by atomic mass is 10.0. The molecule has 2 aromatic rings. The molecular weight excluding hydrogens is 360 g/mol. The van der Waals surface area contributed by atoms with Crippen molar-refractivity contribution in [1.82, 2.24) is 19.8 Å². The number of pyridine rings is 1. The number of hydrogen-bond acceptors (Lipinski definition) is 4. The number of ether oxygens (including phenoxy) is 1. The van der Waals surface area contributed by atoms with Gasteiger partial charge in [0.15, 0.2) is 5.11 Å². The van der Waals surface area contributed by atoms with E-state index in [1.165, 1.54) is 12.8 Å². The van der Waals surface area contributed by atoms with E-state index < -0.39 is 0 Å². The van der Waals surface area contributed by atoms with Crippen LogP contribution >= 0.6 is 12.2 Å². The highest BCUT2D eigenvalue weighted by Crippen LogP contribution is 2.39. The molecule has 1 aliphatic rings. The van der Waals surface area contributed by atoms with Crippen molar-refractivity contribution in [2.75, 3.05) is 13.7 Å². The van der Waals surface area contributed by atoms with Crippen molar-refractivity contribution in [3.8, 4) is 0 Å². The van der Waals surface area contributed by atoms with Crippen LogP contribution < -0.4 is 5.32 Å². The maximum atomic E-state index is 11.5. The molecule has 1 fully saturated rings. The van der Waals surface area contributed by atoms with E-state index in [2.05, 4.69) is 51.9 Å². The second-order valence-electron chi connectivity index (χ2n) is 6.93. The molecule has 3 rings (SSSR count). The first-order chi connectivity index (χ1) is 13.0. The van der Waals surface area contributed by atoms with Crippen molar-refractivity contribution >= 4 is 23.3 Å². The van der Waals surface area contributed by atoms with Crippen LogP contribution in [0.25, 0.3) is 0 Å². The highest BCUT2D eigenvalue weighted by atomic mass is 32.1. The zero-order valence-corrected chi connectivity index (χ0v) is 16.8. The first-order valence-corrected chi connectivity index (χ1v) is 9.65. The molecule has 1 N–H and O–H groups in total. The molecule has 2 aromatic heterocycles. The number of methoxy groups -OCH3 is 1. The Morgan fingerprint density at radius 1 is 1.33 bits per heavy atom. The van der Waals surface area contributed by atoms with E-state index in [1.807, 2.05) is 18.2 Å². The van der Waals surface area contributed by atoms with Gasteiger partial charge in [-0.15, -0.1) is 0 Å². The van der Waals surface area contributed by atoms with E-state index >= 15 is 0 Å². The summed E-state index contributed by atoms with van der Waals surface area (Å²) in [6.07, 6.45) is 4.96. The summed E-state index contributed by atoms with van der Waals surface area (Å²) in [5, 5.41) is 4.13. The van der Waals surface area contributed by atoms with Crippen LogP contribution in [0.1, 0.15) is 56.2 Å². The van der Waals surface area contributed by atoms with Gasteiger partial charge in [-0.05, 0) is 56.8 Å². The average molecular weight is 387 g/mol. The molecule has 6 nitrogen and oxygen atoms in total. The summed E-state index contributed by atoms with van der Waals surface area (Å²) in [5.41, 5.74) is 2.14. The zero-order chi connectivity index (χ0) is 19.4. The fraction of sp³-hybridized carbons (Fsp3) is 0.450. The lowest BCUT2D eigenvalue weighted by Crippen LogP contribution is -2.32. The van der Waals surface area contributed by atoms with Gasteiger partial charge in [-0.1, -0.05) is 6.07 Å². The SMILES string of the molecule is COC(=O)CCCN1C(=S)N[C@H](c2ccccn2)[C@@H]1c1cccn1C(C)C. The normalized spacial score (nSPS) is 19.4. The van der Waals surface area contributed by atoms with Gasteiger partial charge in [-0.3, -0.25) is 9.78 Å². The van der Waals surface area contributed by atoms with Gasteiger partial charge in [-0.2, -0.15) is 0 Å². The Bertz CT molecular complexity index is 790. The van der Waals surface area contributed by atoms with Crippen molar-refractivity contribution in [2.45, 2.75) is 44.8 Å². The third-order valence-corrected chi connectivity index (χ3v) is 5.23. The van der Waals surface area contributed by atoms with Crippen LogP contribution in [0.2, 0.25) is 0 Å². The number of hydrogen-bond donors (Lipinski definition) is 1. The lowest BCUT2D eigenvalue weighted by Gasteiger charge is -2.29. The minimum atomic E-state index is -0.198. The van der Waals surface area contributed by atoms with Gasteiger partial charge in [-0.25, -0.2) is 0 Å². The number of rotatable bonds is 7. The topological polar surface area (TPSA) is 59.4 Å². The van der Waals surface area contributed by atoms with Crippen molar-refractivity contribution < 1.29 is 9.53 Å². The predicted octanol–water partition coefficient (Wildman–Crippen LogP) is 3.39. The van der Waals surface area contributed by atoms with Gasteiger partial charge < -0.3 is 19.5 Å². The molecule has 2 atom stereocenters. The number of nitrogens with zero attached hydrogens (tertiary/aromatic N) is 3. The maximum absolute atomic E-state index is 11.5. The molecule has 0 aliphatic carbocycles. The minimum Gasteiger partial charge on any atom is -0.469 e. The third-order valence-electron chi connectivity index (χ3n) is 4.88. The molecule has 7 heteroatoms. The fourth-order valence-corrected chi connectivity index (χ4v) is 3.92. The van der Waals surface area contributed by atoms with Crippen molar-refractivity contribution in [2.24, 2.45) is 0 Å². The van der Waals surface area contributed by atoms with Gasteiger partial charge in [0, 0.05) is 37.1 Å². The van der Waals surface area contributed by atoms with Crippen molar-refractivity contribution in [3.63, 3.8) is 0 Å². The fourth-order valence-electron chi connectivity index (χ4n) is 3.59. The number of carbonyl (C=O) groups is 1. The van der Waals surface area contributed by atoms with Gasteiger partial charge in [0.2, 0.25) is 0 Å². The van der Waals surface area contributed by atoms with E-state index in [1.54, 1.807) is 6.20 Å². The van der Waals surface area contributed by atoms with Crippen molar-refractivity contribution in [1.29, 1.82) is 0 Å². The molecule has 3 heterocycles. The van der Waals surface area contributed by atoms with Gasteiger partial charge in [0.25, 0.3) is 0 Å². The molecule has 0 bridgehead atoms. The summed E-state index contributed by atoms with van der Waals surface area (Å²) >= 11 is 5.65. The summed E-state index contributed by atoms with van der Waals surface area (Å²) in [4.78, 5) is 18.2. The summed E-state index contributed by atoms with van der Waals surface area (Å²) in [6, 6.07) is 10.5. The first-order valence-electron chi connectivity index (χ1n) is 9.24. The Morgan fingerprint density at radius 2 is 2.15 bits per heavy atom. The Balaban J connectivity index is 1.92.